The highest BCUT2D eigenvalue weighted by Gasteiger charge is 2.08. The van der Waals surface area contributed by atoms with Gasteiger partial charge in [-0.1, -0.05) is 34.3 Å². The van der Waals surface area contributed by atoms with Crippen LogP contribution >= 0.6 is 0 Å². The lowest BCUT2D eigenvalue weighted by atomic mass is 9.97. The summed E-state index contributed by atoms with van der Waals surface area (Å²) >= 11 is 0. The van der Waals surface area contributed by atoms with Crippen LogP contribution in [0.3, 0.4) is 0 Å². The normalized spacial score (nSPS) is 10.5. The first kappa shape index (κ1) is 12.8. The van der Waals surface area contributed by atoms with E-state index in [2.05, 4.69) is 26.1 Å². The molecule has 0 aliphatic heterocycles. The Balaban J connectivity index is 0.00000169. The van der Waals surface area contributed by atoms with E-state index in [0.29, 0.717) is 5.75 Å². The lowest BCUT2D eigenvalue weighted by Gasteiger charge is -2.19. The molecule has 2 heteroatoms. The summed E-state index contributed by atoms with van der Waals surface area (Å²) < 4.78 is 0. The minimum atomic E-state index is 0. The molecule has 0 bridgehead atoms. The van der Waals surface area contributed by atoms with E-state index in [0.717, 1.165) is 12.2 Å². The minimum Gasteiger partial charge on any atom is -0.508 e. The summed E-state index contributed by atoms with van der Waals surface area (Å²) in [6.07, 6.45) is 0. The molecule has 0 unspecified atom stereocenters. The third-order valence-electron chi connectivity index (χ3n) is 1.67. The van der Waals surface area contributed by atoms with Gasteiger partial charge in [0.2, 0.25) is 0 Å². The molecule has 0 spiro atoms. The minimum absolute atomic E-state index is 0. The van der Waals surface area contributed by atoms with Crippen LogP contribution in [0.2, 0.25) is 0 Å². The van der Waals surface area contributed by atoms with E-state index < -0.39 is 0 Å². The Morgan fingerprint density at radius 2 is 1.93 bits per heavy atom. The number of hydrogen-bond donors (Lipinski definition) is 2. The van der Waals surface area contributed by atoms with Gasteiger partial charge in [-0.3, -0.25) is 0 Å². The summed E-state index contributed by atoms with van der Waals surface area (Å²) in [6.45, 7) is 7.41. The van der Waals surface area contributed by atoms with Crippen molar-refractivity contribution >= 4 is 5.69 Å². The summed E-state index contributed by atoms with van der Waals surface area (Å²) in [7, 11) is 0. The van der Waals surface area contributed by atoms with Crippen LogP contribution < -0.4 is 5.32 Å². The number of benzene rings is 1. The molecule has 0 fully saturated rings. The number of anilines is 1. The molecule has 0 radical (unpaired) electrons. The quantitative estimate of drug-likeness (QED) is 0.757. The van der Waals surface area contributed by atoms with Crippen molar-refractivity contribution < 1.29 is 5.11 Å². The molecular formula is C12H21NO. The average Bonchev–Trinajstić information content (AvgIpc) is 2.00. The zero-order valence-corrected chi connectivity index (χ0v) is 8.46. The average molecular weight is 195 g/mol. The van der Waals surface area contributed by atoms with Gasteiger partial charge in [-0.05, 0) is 17.5 Å². The predicted molar refractivity (Wildman–Crippen MR) is 62.8 cm³/mol. The van der Waals surface area contributed by atoms with Crippen LogP contribution in [0, 0.1) is 5.41 Å². The van der Waals surface area contributed by atoms with Crippen LogP contribution in [-0.2, 0) is 0 Å². The van der Waals surface area contributed by atoms with Gasteiger partial charge in [0.15, 0.2) is 0 Å². The molecule has 14 heavy (non-hydrogen) atoms. The van der Waals surface area contributed by atoms with Crippen molar-refractivity contribution in [2.24, 2.45) is 5.41 Å². The maximum Gasteiger partial charge on any atom is 0.117 e. The van der Waals surface area contributed by atoms with E-state index in [9.17, 15) is 5.11 Å². The SMILES string of the molecule is C.CC(C)(C)CNc1cccc(O)c1. The lowest BCUT2D eigenvalue weighted by molar-refractivity contribution is 0.442. The van der Waals surface area contributed by atoms with Gasteiger partial charge in [0.1, 0.15) is 5.75 Å². The van der Waals surface area contributed by atoms with E-state index in [-0.39, 0.29) is 12.8 Å². The number of phenols is 1. The highest BCUT2D eigenvalue weighted by molar-refractivity contribution is 5.47. The van der Waals surface area contributed by atoms with Gasteiger partial charge in [0, 0.05) is 18.3 Å². The van der Waals surface area contributed by atoms with Gasteiger partial charge in [-0.15, -0.1) is 0 Å². The maximum absolute atomic E-state index is 9.20. The standard InChI is InChI=1S/C11H17NO.CH4/c1-11(2,3)8-12-9-5-4-6-10(13)7-9;/h4-7,12-13H,8H2,1-3H3;1H4. The molecule has 0 saturated carbocycles. The molecule has 0 aliphatic carbocycles. The van der Waals surface area contributed by atoms with Crippen LogP contribution in [0.1, 0.15) is 28.2 Å². The monoisotopic (exact) mass is 195 g/mol. The number of hydrogen-bond acceptors (Lipinski definition) is 2. The summed E-state index contributed by atoms with van der Waals surface area (Å²) in [5.74, 6) is 0.305. The van der Waals surface area contributed by atoms with Gasteiger partial charge >= 0.3 is 0 Å². The largest absolute Gasteiger partial charge is 0.508 e. The molecule has 0 aliphatic rings. The Morgan fingerprint density at radius 1 is 1.29 bits per heavy atom. The van der Waals surface area contributed by atoms with Crippen molar-refractivity contribution in [2.75, 3.05) is 11.9 Å². The van der Waals surface area contributed by atoms with E-state index in [1.807, 2.05) is 12.1 Å². The molecule has 1 aromatic rings. The van der Waals surface area contributed by atoms with Crippen molar-refractivity contribution in [1.29, 1.82) is 0 Å². The van der Waals surface area contributed by atoms with Crippen LogP contribution in [0.5, 0.6) is 5.75 Å². The second-order valence-electron chi connectivity index (χ2n) is 4.46. The Labute approximate surface area is 87.0 Å². The number of nitrogens with one attached hydrogen (secondary N) is 1. The Hall–Kier alpha value is -1.18. The fraction of sp³-hybridized carbons (Fsp3) is 0.500. The summed E-state index contributed by atoms with van der Waals surface area (Å²) in [5.41, 5.74) is 1.22. The van der Waals surface area contributed by atoms with Gasteiger partial charge in [-0.2, -0.15) is 0 Å². The molecule has 0 aromatic heterocycles. The fourth-order valence-electron chi connectivity index (χ4n) is 0.983. The number of aromatic hydroxyl groups is 1. The molecule has 1 aromatic carbocycles. The van der Waals surface area contributed by atoms with Crippen LogP contribution in [-0.4, -0.2) is 11.7 Å². The summed E-state index contributed by atoms with van der Waals surface area (Å²) in [4.78, 5) is 0. The first-order valence-electron chi connectivity index (χ1n) is 4.50. The van der Waals surface area contributed by atoms with Crippen molar-refractivity contribution in [2.45, 2.75) is 28.2 Å². The highest BCUT2D eigenvalue weighted by Crippen LogP contribution is 2.18. The molecular weight excluding hydrogens is 174 g/mol. The Bertz CT molecular complexity index is 276. The van der Waals surface area contributed by atoms with Crippen molar-refractivity contribution in [3.8, 4) is 5.75 Å². The number of phenolic OH excluding ortho intramolecular Hbond substituents is 1. The van der Waals surface area contributed by atoms with Crippen LogP contribution in [0.15, 0.2) is 24.3 Å². The van der Waals surface area contributed by atoms with Crippen molar-refractivity contribution in [3.63, 3.8) is 0 Å². The molecule has 0 saturated heterocycles. The Kier molecular flexibility index (Phi) is 4.48. The van der Waals surface area contributed by atoms with Gasteiger partial charge in [0.05, 0.1) is 0 Å². The molecule has 80 valence electrons. The van der Waals surface area contributed by atoms with Crippen LogP contribution in [0.4, 0.5) is 5.69 Å². The summed E-state index contributed by atoms with van der Waals surface area (Å²) in [5, 5.41) is 12.5. The van der Waals surface area contributed by atoms with Crippen molar-refractivity contribution in [1.82, 2.24) is 0 Å². The first-order valence-corrected chi connectivity index (χ1v) is 4.50. The molecule has 1 rings (SSSR count). The fourth-order valence-corrected chi connectivity index (χ4v) is 0.983. The van der Waals surface area contributed by atoms with Gasteiger partial charge in [-0.25, -0.2) is 0 Å². The second kappa shape index (κ2) is 4.89. The smallest absolute Gasteiger partial charge is 0.117 e. The molecule has 2 nitrogen and oxygen atoms in total. The molecule has 2 N–H and O–H groups in total. The molecule has 0 amide bonds. The van der Waals surface area contributed by atoms with E-state index >= 15 is 0 Å². The third kappa shape index (κ3) is 4.75. The van der Waals surface area contributed by atoms with E-state index in [1.165, 1.54) is 0 Å². The zero-order chi connectivity index (χ0) is 9.90. The topological polar surface area (TPSA) is 32.3 Å². The zero-order valence-electron chi connectivity index (χ0n) is 8.46. The van der Waals surface area contributed by atoms with Gasteiger partial charge in [0.25, 0.3) is 0 Å². The maximum atomic E-state index is 9.20. The Morgan fingerprint density at radius 3 is 2.43 bits per heavy atom. The number of rotatable bonds is 2. The summed E-state index contributed by atoms with van der Waals surface area (Å²) in [6, 6.07) is 7.18. The third-order valence-corrected chi connectivity index (χ3v) is 1.67. The van der Waals surface area contributed by atoms with E-state index in [4.69, 9.17) is 0 Å². The molecule has 0 atom stereocenters. The van der Waals surface area contributed by atoms with E-state index in [1.54, 1.807) is 12.1 Å². The van der Waals surface area contributed by atoms with Crippen molar-refractivity contribution in [3.05, 3.63) is 24.3 Å². The van der Waals surface area contributed by atoms with Gasteiger partial charge < -0.3 is 10.4 Å². The predicted octanol–water partition coefficient (Wildman–Crippen LogP) is 3.49. The second-order valence-corrected chi connectivity index (χ2v) is 4.46. The first-order chi connectivity index (χ1) is 5.97. The van der Waals surface area contributed by atoms with Crippen LogP contribution in [0.25, 0.3) is 0 Å². The lowest BCUT2D eigenvalue weighted by Crippen LogP contribution is -2.18. The molecule has 0 heterocycles. The highest BCUT2D eigenvalue weighted by atomic mass is 16.3.